The maximum absolute atomic E-state index is 13.5. The van der Waals surface area contributed by atoms with Crippen LogP contribution in [0.4, 0.5) is 14.9 Å². The van der Waals surface area contributed by atoms with Crippen molar-refractivity contribution in [3.63, 3.8) is 0 Å². The number of carbonyl (C=O) groups excluding carboxylic acids is 2. The molecule has 27 heavy (non-hydrogen) atoms. The molecule has 1 fully saturated rings. The van der Waals surface area contributed by atoms with E-state index in [9.17, 15) is 19.2 Å². The predicted octanol–water partition coefficient (Wildman–Crippen LogP) is 2.45. The van der Waals surface area contributed by atoms with Gasteiger partial charge < -0.3 is 24.6 Å². The molecule has 1 aliphatic rings. The number of rotatable bonds is 4. The molecule has 1 aromatic carbocycles. The molecule has 0 aromatic heterocycles. The first-order valence-corrected chi connectivity index (χ1v) is 8.21. The molecule has 0 saturated carbocycles. The quantitative estimate of drug-likeness (QED) is 0.621. The molecule has 10 heteroatoms. The molecular weight excluding hydrogens is 363 g/mol. The Morgan fingerprint density at radius 3 is 2.59 bits per heavy atom. The lowest BCUT2D eigenvalue weighted by Gasteiger charge is -2.27. The smallest absolute Gasteiger partial charge is 0.411 e. The minimum Gasteiger partial charge on any atom is -0.733 e. The molecule has 1 amide bonds. The Morgan fingerprint density at radius 1 is 1.37 bits per heavy atom. The Labute approximate surface area is 155 Å². The number of benzene rings is 1. The normalized spacial score (nSPS) is 19.6. The third-order valence-corrected chi connectivity index (χ3v) is 3.79. The lowest BCUT2D eigenvalue weighted by atomic mass is 10.2. The highest BCUT2D eigenvalue weighted by Crippen LogP contribution is 2.32. The van der Waals surface area contributed by atoms with Gasteiger partial charge in [0.05, 0.1) is 19.3 Å². The highest BCUT2D eigenvalue weighted by Gasteiger charge is 2.43. The molecule has 150 valence electrons. The maximum atomic E-state index is 13.5. The summed E-state index contributed by atoms with van der Waals surface area (Å²) in [7, 11) is 1.19. The van der Waals surface area contributed by atoms with Gasteiger partial charge in [0.1, 0.15) is 29.3 Å². The van der Waals surface area contributed by atoms with Gasteiger partial charge in [0, 0.05) is 12.5 Å². The van der Waals surface area contributed by atoms with Crippen molar-refractivity contribution >= 4 is 17.7 Å². The number of hydrogen-bond acceptors (Lipinski definition) is 8. The van der Waals surface area contributed by atoms with Crippen LogP contribution in [0.25, 0.3) is 0 Å². The van der Waals surface area contributed by atoms with E-state index in [0.717, 1.165) is 23.1 Å². The first-order chi connectivity index (χ1) is 12.5. The van der Waals surface area contributed by atoms with Crippen LogP contribution >= 0.6 is 0 Å². The van der Waals surface area contributed by atoms with Gasteiger partial charge in [0.15, 0.2) is 0 Å². The topological polar surface area (TPSA) is 112 Å². The lowest BCUT2D eigenvalue weighted by Crippen LogP contribution is -2.44. The Bertz CT molecular complexity index is 705. The van der Waals surface area contributed by atoms with Crippen LogP contribution in [0.5, 0.6) is 5.75 Å². The molecule has 0 unspecified atom stereocenters. The van der Waals surface area contributed by atoms with Crippen molar-refractivity contribution in [2.75, 3.05) is 18.9 Å². The molecule has 1 aromatic rings. The van der Waals surface area contributed by atoms with Crippen LogP contribution in [-0.2, 0) is 14.3 Å². The number of methoxy groups -OCH3 is 1. The summed E-state index contributed by atoms with van der Waals surface area (Å²) in [6, 6.07) is 2.02. The van der Waals surface area contributed by atoms with Gasteiger partial charge in [-0.2, -0.15) is 0 Å². The number of esters is 1. The molecule has 0 radical (unpaired) electrons. The van der Waals surface area contributed by atoms with Gasteiger partial charge in [-0.25, -0.2) is 14.0 Å². The third-order valence-electron chi connectivity index (χ3n) is 3.79. The van der Waals surface area contributed by atoms with Crippen LogP contribution < -0.4 is 9.96 Å². The summed E-state index contributed by atoms with van der Waals surface area (Å²) in [4.78, 5) is 25.6. The first kappa shape index (κ1) is 20.7. The molecule has 1 saturated heterocycles. The van der Waals surface area contributed by atoms with E-state index < -0.39 is 40.9 Å². The van der Waals surface area contributed by atoms with Gasteiger partial charge in [-0.05, 0) is 32.9 Å². The van der Waals surface area contributed by atoms with Crippen LogP contribution in [0.15, 0.2) is 18.2 Å². The molecular formula is C17H22FN2O7-. The second-order valence-electron chi connectivity index (χ2n) is 7.03. The monoisotopic (exact) mass is 385 g/mol. The summed E-state index contributed by atoms with van der Waals surface area (Å²) < 4.78 is 29.1. The van der Waals surface area contributed by atoms with Gasteiger partial charge in [-0.15, -0.1) is 0 Å². The number of halogens is 1. The number of amides is 1. The molecule has 1 aliphatic heterocycles. The average molecular weight is 385 g/mol. The van der Waals surface area contributed by atoms with Gasteiger partial charge in [0.25, 0.3) is 0 Å². The number of hydrogen-bond donors (Lipinski definition) is 1. The third kappa shape index (κ3) is 5.20. The summed E-state index contributed by atoms with van der Waals surface area (Å²) in [5.41, 5.74) is -1.08. The number of nitrogens with zero attached hydrogens (tertiary/aromatic N) is 2. The zero-order valence-electron chi connectivity index (χ0n) is 15.5. The van der Waals surface area contributed by atoms with E-state index in [2.05, 4.69) is 0 Å². The van der Waals surface area contributed by atoms with Crippen LogP contribution in [0.1, 0.15) is 27.2 Å². The fourth-order valence-corrected chi connectivity index (χ4v) is 2.68. The van der Waals surface area contributed by atoms with Crippen molar-refractivity contribution in [1.82, 2.24) is 4.90 Å². The standard InChI is InChI=1S/C17H22FN2O7/c1-17(2,3)27-16(22)19-9-11(8-13(19)15(21)25-4)26-14-7-10(18)5-6-12(14)20(23)24/h5-7,11,13,23H,8-9H2,1-4H3/q-1/t11-,13-/m0/s1. The van der Waals surface area contributed by atoms with Gasteiger partial charge in [-0.1, -0.05) is 0 Å². The summed E-state index contributed by atoms with van der Waals surface area (Å²) >= 11 is 0. The first-order valence-electron chi connectivity index (χ1n) is 8.21. The highest BCUT2D eigenvalue weighted by molar-refractivity contribution is 5.82. The van der Waals surface area contributed by atoms with Crippen molar-refractivity contribution in [2.45, 2.75) is 44.9 Å². The Kier molecular flexibility index (Phi) is 6.11. The van der Waals surface area contributed by atoms with Crippen molar-refractivity contribution in [2.24, 2.45) is 0 Å². The molecule has 1 heterocycles. The van der Waals surface area contributed by atoms with Crippen LogP contribution in [0.2, 0.25) is 0 Å². The van der Waals surface area contributed by atoms with Crippen molar-refractivity contribution < 1.29 is 33.4 Å². The Morgan fingerprint density at radius 2 is 2.04 bits per heavy atom. The average Bonchev–Trinajstić information content (AvgIpc) is 2.96. The number of anilines is 1. The second-order valence-corrected chi connectivity index (χ2v) is 7.03. The van der Waals surface area contributed by atoms with E-state index in [-0.39, 0.29) is 24.4 Å². The summed E-state index contributed by atoms with van der Waals surface area (Å²) in [6.07, 6.45) is -1.43. The van der Waals surface area contributed by atoms with Gasteiger partial charge in [-0.3, -0.25) is 10.1 Å². The van der Waals surface area contributed by atoms with Crippen LogP contribution in [0, 0.1) is 11.0 Å². The SMILES string of the molecule is COC(=O)[C@@H]1C[C@H](Oc2cc(F)ccc2N([O-])O)CN1C(=O)OC(C)(C)C. The van der Waals surface area contributed by atoms with E-state index in [1.54, 1.807) is 20.8 Å². The van der Waals surface area contributed by atoms with Crippen LogP contribution in [0.3, 0.4) is 0 Å². The number of ether oxygens (including phenoxy) is 3. The highest BCUT2D eigenvalue weighted by atomic mass is 19.1. The minimum atomic E-state index is -0.954. The fraction of sp³-hybridized carbons (Fsp3) is 0.529. The molecule has 2 atom stereocenters. The zero-order chi connectivity index (χ0) is 20.4. The largest absolute Gasteiger partial charge is 0.733 e. The lowest BCUT2D eigenvalue weighted by molar-refractivity contribution is -0.145. The Balaban J connectivity index is 2.22. The molecule has 2 rings (SSSR count). The Hall–Kier alpha value is -2.59. The molecule has 0 aliphatic carbocycles. The molecule has 0 bridgehead atoms. The fourth-order valence-electron chi connectivity index (χ4n) is 2.68. The number of likely N-dealkylation sites (tertiary alicyclic amines) is 1. The molecule has 1 N–H and O–H groups in total. The van der Waals surface area contributed by atoms with Gasteiger partial charge in [0.2, 0.25) is 0 Å². The minimum absolute atomic E-state index is 0.0467. The van der Waals surface area contributed by atoms with E-state index in [1.807, 2.05) is 0 Å². The van der Waals surface area contributed by atoms with E-state index in [4.69, 9.17) is 19.4 Å². The van der Waals surface area contributed by atoms with E-state index in [0.29, 0.717) is 0 Å². The van der Waals surface area contributed by atoms with Crippen LogP contribution in [-0.4, -0.2) is 53.6 Å². The van der Waals surface area contributed by atoms with Gasteiger partial charge >= 0.3 is 12.1 Å². The van der Waals surface area contributed by atoms with E-state index in [1.165, 1.54) is 7.11 Å². The molecule has 0 spiro atoms. The zero-order valence-corrected chi connectivity index (χ0v) is 15.5. The van der Waals surface area contributed by atoms with Crippen molar-refractivity contribution in [3.8, 4) is 5.75 Å². The summed E-state index contributed by atoms with van der Waals surface area (Å²) in [5, 5.41) is 19.9. The number of carbonyl (C=O) groups is 2. The van der Waals surface area contributed by atoms with E-state index >= 15 is 0 Å². The summed E-state index contributed by atoms with van der Waals surface area (Å²) in [5.74, 6) is -1.55. The molecule has 9 nitrogen and oxygen atoms in total. The predicted molar refractivity (Wildman–Crippen MR) is 91.8 cm³/mol. The van der Waals surface area contributed by atoms with Crippen molar-refractivity contribution in [3.05, 3.63) is 29.2 Å². The second kappa shape index (κ2) is 7.97. The van der Waals surface area contributed by atoms with Crippen molar-refractivity contribution in [1.29, 1.82) is 0 Å². The maximum Gasteiger partial charge on any atom is 0.411 e. The summed E-state index contributed by atoms with van der Waals surface area (Å²) in [6.45, 7) is 5.01.